The van der Waals surface area contributed by atoms with Gasteiger partial charge in [0.2, 0.25) is 0 Å². The third kappa shape index (κ3) is 3.12. The van der Waals surface area contributed by atoms with E-state index in [4.69, 9.17) is 11.6 Å². The first kappa shape index (κ1) is 14.8. The molecule has 0 fully saturated rings. The number of aliphatic hydroxyl groups is 1. The minimum absolute atomic E-state index is 0.321. The van der Waals surface area contributed by atoms with E-state index in [2.05, 4.69) is 10.1 Å². The molecule has 106 valence electrons. The molecule has 20 heavy (non-hydrogen) atoms. The van der Waals surface area contributed by atoms with Crippen LogP contribution in [-0.2, 0) is 7.05 Å². The molecule has 1 aromatic carbocycles. The van der Waals surface area contributed by atoms with Crippen molar-refractivity contribution in [3.63, 3.8) is 0 Å². The number of aliphatic hydroxyl groups excluding tert-OH is 1. The molecule has 2 rings (SSSR count). The molecular weight excluding hydrogens is 302 g/mol. The number of hydrogen-bond donors (Lipinski definition) is 2. The molecule has 1 atom stereocenters. The second kappa shape index (κ2) is 5.82. The third-order valence-electron chi connectivity index (χ3n) is 2.59. The minimum atomic E-state index is -0.845. The Morgan fingerprint density at radius 3 is 2.75 bits per heavy atom. The van der Waals surface area contributed by atoms with Crippen molar-refractivity contribution in [2.75, 3.05) is 0 Å². The first-order valence-corrected chi connectivity index (χ1v) is 6.90. The molecule has 0 aliphatic heterocycles. The molecule has 0 amide bonds. The van der Waals surface area contributed by atoms with Gasteiger partial charge in [0.1, 0.15) is 0 Å². The van der Waals surface area contributed by atoms with Gasteiger partial charge in [-0.15, -0.1) is 0 Å². The van der Waals surface area contributed by atoms with E-state index in [0.29, 0.717) is 20.6 Å². The monoisotopic (exact) mass is 313 g/mol. The third-order valence-corrected chi connectivity index (χ3v) is 4.14. The summed E-state index contributed by atoms with van der Waals surface area (Å²) in [6.45, 7) is 1.64. The Morgan fingerprint density at radius 1 is 1.45 bits per heavy atom. The molecule has 0 radical (unpaired) electrons. The second-order valence-electron chi connectivity index (χ2n) is 4.17. The number of aromatic amines is 1. The number of nitrogens with zero attached hydrogens (tertiary/aromatic N) is 2. The summed E-state index contributed by atoms with van der Waals surface area (Å²) in [7, 11) is 1.58. The summed E-state index contributed by atoms with van der Waals surface area (Å²) in [5.41, 5.74) is -0.919. The van der Waals surface area contributed by atoms with Crippen LogP contribution in [0.4, 0.5) is 0 Å². The van der Waals surface area contributed by atoms with Crippen LogP contribution in [0, 0.1) is 0 Å². The van der Waals surface area contributed by atoms with Gasteiger partial charge in [0.05, 0.1) is 11.1 Å². The zero-order valence-electron chi connectivity index (χ0n) is 10.8. The molecule has 8 heteroatoms. The van der Waals surface area contributed by atoms with Gasteiger partial charge >= 0.3 is 11.1 Å². The van der Waals surface area contributed by atoms with E-state index in [1.807, 2.05) is 0 Å². The van der Waals surface area contributed by atoms with E-state index in [1.54, 1.807) is 32.2 Å². The van der Waals surface area contributed by atoms with E-state index in [9.17, 15) is 14.7 Å². The molecule has 2 N–H and O–H groups in total. The van der Waals surface area contributed by atoms with Crippen molar-refractivity contribution < 1.29 is 5.11 Å². The lowest BCUT2D eigenvalue weighted by Gasteiger charge is -2.10. The molecule has 0 unspecified atom stereocenters. The van der Waals surface area contributed by atoms with Crippen molar-refractivity contribution in [1.82, 2.24) is 14.8 Å². The van der Waals surface area contributed by atoms with Gasteiger partial charge in [-0.3, -0.25) is 19.4 Å². The lowest BCUT2D eigenvalue weighted by molar-refractivity contribution is 0.199. The van der Waals surface area contributed by atoms with Gasteiger partial charge in [0, 0.05) is 11.9 Å². The van der Waals surface area contributed by atoms with Crippen molar-refractivity contribution in [3.05, 3.63) is 49.5 Å². The minimum Gasteiger partial charge on any atom is -0.389 e. The Balaban J connectivity index is 2.38. The molecule has 0 saturated heterocycles. The molecule has 0 saturated carbocycles. The normalized spacial score (nSPS) is 12.4. The van der Waals surface area contributed by atoms with Gasteiger partial charge in [-0.25, -0.2) is 0 Å². The van der Waals surface area contributed by atoms with Crippen LogP contribution in [0.2, 0.25) is 5.02 Å². The van der Waals surface area contributed by atoms with Crippen LogP contribution >= 0.6 is 23.4 Å². The maximum atomic E-state index is 11.3. The van der Waals surface area contributed by atoms with Crippen molar-refractivity contribution in [2.24, 2.45) is 7.05 Å². The highest BCUT2D eigenvalue weighted by Gasteiger charge is 2.10. The fourth-order valence-electron chi connectivity index (χ4n) is 1.51. The molecule has 6 nitrogen and oxygen atoms in total. The van der Waals surface area contributed by atoms with Crippen molar-refractivity contribution in [2.45, 2.75) is 23.1 Å². The maximum Gasteiger partial charge on any atom is 0.339 e. The molecule has 0 bridgehead atoms. The van der Waals surface area contributed by atoms with Gasteiger partial charge in [-0.05, 0) is 36.4 Å². The lowest BCUT2D eigenvalue weighted by Crippen LogP contribution is -2.33. The smallest absolute Gasteiger partial charge is 0.339 e. The lowest BCUT2D eigenvalue weighted by atomic mass is 10.1. The van der Waals surface area contributed by atoms with Gasteiger partial charge in [0.25, 0.3) is 0 Å². The zero-order chi connectivity index (χ0) is 14.9. The molecule has 1 aromatic heterocycles. The molecular formula is C12H12ClN3O3S. The topological polar surface area (TPSA) is 88.0 Å². The van der Waals surface area contributed by atoms with E-state index in [1.165, 1.54) is 4.68 Å². The Labute approximate surface area is 123 Å². The summed E-state index contributed by atoms with van der Waals surface area (Å²) in [5, 5.41) is 12.6. The number of halogens is 1. The highest BCUT2D eigenvalue weighted by atomic mass is 35.5. The van der Waals surface area contributed by atoms with E-state index in [-0.39, 0.29) is 0 Å². The number of aromatic nitrogens is 3. The Bertz CT molecular complexity index is 754. The average molecular weight is 314 g/mol. The maximum absolute atomic E-state index is 11.3. The van der Waals surface area contributed by atoms with Crippen LogP contribution < -0.4 is 11.1 Å². The number of aryl methyl sites for hydroxylation is 1. The van der Waals surface area contributed by atoms with Gasteiger partial charge in [0.15, 0.2) is 5.16 Å². The fourth-order valence-corrected chi connectivity index (χ4v) is 2.62. The zero-order valence-corrected chi connectivity index (χ0v) is 12.3. The molecule has 0 spiro atoms. The Morgan fingerprint density at radius 2 is 2.15 bits per heavy atom. The standard InChI is InChI=1S/C12H12ClN3O3S/c1-6(17)7-3-4-9(8(13)5-7)20-12-14-10(18)11(19)15-16(12)2/h3-6,17H,1-2H3,(H,15,19)/t6-/m0/s1. The molecule has 2 aromatic rings. The van der Waals surface area contributed by atoms with Gasteiger partial charge in [-0.1, -0.05) is 17.7 Å². The SMILES string of the molecule is C[C@H](O)c1ccc(Sc2nc(=O)c(=O)[nH]n2C)c(Cl)c1. The Hall–Kier alpha value is -1.57. The van der Waals surface area contributed by atoms with Crippen LogP contribution in [0.3, 0.4) is 0 Å². The first-order chi connectivity index (χ1) is 9.38. The van der Waals surface area contributed by atoms with E-state index < -0.39 is 17.2 Å². The van der Waals surface area contributed by atoms with Crippen molar-refractivity contribution >= 4 is 23.4 Å². The summed E-state index contributed by atoms with van der Waals surface area (Å²) >= 11 is 7.28. The summed E-state index contributed by atoms with van der Waals surface area (Å²) < 4.78 is 1.35. The Kier molecular flexibility index (Phi) is 4.32. The quantitative estimate of drug-likeness (QED) is 0.835. The van der Waals surface area contributed by atoms with Crippen LogP contribution in [-0.4, -0.2) is 19.9 Å². The average Bonchev–Trinajstić information content (AvgIpc) is 2.37. The van der Waals surface area contributed by atoms with Crippen molar-refractivity contribution in [1.29, 1.82) is 0 Å². The molecule has 1 heterocycles. The highest BCUT2D eigenvalue weighted by molar-refractivity contribution is 7.99. The van der Waals surface area contributed by atoms with Gasteiger partial charge in [-0.2, -0.15) is 4.98 Å². The van der Waals surface area contributed by atoms with Crippen LogP contribution in [0.15, 0.2) is 37.8 Å². The largest absolute Gasteiger partial charge is 0.389 e. The second-order valence-corrected chi connectivity index (χ2v) is 5.58. The summed E-state index contributed by atoms with van der Waals surface area (Å²) in [4.78, 5) is 26.7. The molecule has 0 aliphatic carbocycles. The number of benzene rings is 1. The summed E-state index contributed by atoms with van der Waals surface area (Å²) in [6.07, 6.45) is -0.609. The highest BCUT2D eigenvalue weighted by Crippen LogP contribution is 2.32. The van der Waals surface area contributed by atoms with Crippen LogP contribution in [0.5, 0.6) is 0 Å². The summed E-state index contributed by atoms with van der Waals surface area (Å²) in [6, 6.07) is 5.12. The van der Waals surface area contributed by atoms with Crippen molar-refractivity contribution in [3.8, 4) is 0 Å². The number of hydrogen-bond acceptors (Lipinski definition) is 5. The predicted molar refractivity (Wildman–Crippen MR) is 76.3 cm³/mol. The van der Waals surface area contributed by atoms with E-state index in [0.717, 1.165) is 11.8 Å². The van der Waals surface area contributed by atoms with Crippen LogP contribution in [0.25, 0.3) is 0 Å². The molecule has 0 aliphatic rings. The number of rotatable bonds is 3. The number of H-pyrrole nitrogens is 1. The fraction of sp³-hybridized carbons (Fsp3) is 0.250. The van der Waals surface area contributed by atoms with E-state index >= 15 is 0 Å². The van der Waals surface area contributed by atoms with Crippen LogP contribution in [0.1, 0.15) is 18.6 Å². The summed E-state index contributed by atoms with van der Waals surface area (Å²) in [5.74, 6) is 0. The number of nitrogens with one attached hydrogen (secondary N) is 1. The predicted octanol–water partition coefficient (Wildman–Crippen LogP) is 1.33. The first-order valence-electron chi connectivity index (χ1n) is 5.71. The van der Waals surface area contributed by atoms with Gasteiger partial charge < -0.3 is 5.11 Å².